The molecule has 2 heterocycles. The van der Waals surface area contributed by atoms with Gasteiger partial charge in [0.05, 0.1) is 5.69 Å². The van der Waals surface area contributed by atoms with Crippen molar-refractivity contribution in [1.82, 2.24) is 20.6 Å². The lowest BCUT2D eigenvalue weighted by Gasteiger charge is -2.06. The molecule has 0 unspecified atom stereocenters. The number of thiophene rings is 1. The molecule has 0 bridgehead atoms. The Bertz CT molecular complexity index is 695. The van der Waals surface area contributed by atoms with Gasteiger partial charge in [-0.2, -0.15) is 0 Å². The van der Waals surface area contributed by atoms with Crippen molar-refractivity contribution in [3.05, 3.63) is 17.3 Å². The Labute approximate surface area is 125 Å². The summed E-state index contributed by atoms with van der Waals surface area (Å²) < 4.78 is 0. The topological polar surface area (TPSA) is 110 Å². The molecule has 0 saturated heterocycles. The van der Waals surface area contributed by atoms with Crippen molar-refractivity contribution in [1.29, 1.82) is 0 Å². The predicted molar refractivity (Wildman–Crippen MR) is 79.9 cm³/mol. The van der Waals surface area contributed by atoms with Crippen molar-refractivity contribution in [2.75, 3.05) is 18.8 Å². The minimum absolute atomic E-state index is 0.0685. The predicted octanol–water partition coefficient (Wildman–Crippen LogP) is 0.529. The van der Waals surface area contributed by atoms with Gasteiger partial charge in [0.25, 0.3) is 5.91 Å². The summed E-state index contributed by atoms with van der Waals surface area (Å²) in [5.74, 6) is -0.0203. The number of fused-ring (bicyclic) bond motifs is 1. The number of nitrogens with two attached hydrogens (primary N) is 1. The third-order valence-corrected chi connectivity index (χ3v) is 4.33. The summed E-state index contributed by atoms with van der Waals surface area (Å²) in [6, 6.07) is 0. The highest BCUT2D eigenvalue weighted by molar-refractivity contribution is 7.21. The van der Waals surface area contributed by atoms with Gasteiger partial charge in [-0.05, 0) is 12.8 Å². The fourth-order valence-corrected chi connectivity index (χ4v) is 2.88. The van der Waals surface area contributed by atoms with Crippen LogP contribution in [-0.4, -0.2) is 34.9 Å². The Morgan fingerprint density at radius 2 is 1.95 bits per heavy atom. The van der Waals surface area contributed by atoms with Gasteiger partial charge >= 0.3 is 0 Å². The summed E-state index contributed by atoms with van der Waals surface area (Å²) in [4.78, 5) is 32.8. The van der Waals surface area contributed by atoms with E-state index < -0.39 is 0 Å². The van der Waals surface area contributed by atoms with Gasteiger partial charge in [-0.1, -0.05) is 0 Å². The van der Waals surface area contributed by atoms with Gasteiger partial charge in [0.1, 0.15) is 15.2 Å². The van der Waals surface area contributed by atoms with Crippen molar-refractivity contribution in [3.63, 3.8) is 0 Å². The van der Waals surface area contributed by atoms with Crippen LogP contribution in [0.1, 0.15) is 22.5 Å². The first kappa shape index (κ1) is 13.7. The quantitative estimate of drug-likeness (QED) is 0.698. The Morgan fingerprint density at radius 1 is 1.24 bits per heavy atom. The minimum atomic E-state index is -0.266. The molecule has 110 valence electrons. The monoisotopic (exact) mass is 305 g/mol. The van der Waals surface area contributed by atoms with Crippen LogP contribution in [-0.2, 0) is 4.79 Å². The largest absolute Gasteiger partial charge is 0.396 e. The fraction of sp³-hybridized carbons (Fsp3) is 0.385. The maximum absolute atomic E-state index is 12.1. The Hall–Kier alpha value is -2.22. The number of nitrogens with one attached hydrogen (secondary N) is 2. The molecule has 0 radical (unpaired) electrons. The summed E-state index contributed by atoms with van der Waals surface area (Å²) in [5, 5.41) is 5.52. The molecule has 0 atom stereocenters. The highest BCUT2D eigenvalue weighted by atomic mass is 32.1. The van der Waals surface area contributed by atoms with Crippen LogP contribution in [0.4, 0.5) is 5.69 Å². The third-order valence-electron chi connectivity index (χ3n) is 3.23. The number of aromatic nitrogens is 2. The second-order valence-corrected chi connectivity index (χ2v) is 5.88. The van der Waals surface area contributed by atoms with E-state index in [2.05, 4.69) is 20.6 Å². The zero-order valence-corrected chi connectivity index (χ0v) is 12.1. The third kappa shape index (κ3) is 2.94. The molecule has 1 saturated carbocycles. The summed E-state index contributed by atoms with van der Waals surface area (Å²) >= 11 is 1.21. The molecule has 21 heavy (non-hydrogen) atoms. The van der Waals surface area contributed by atoms with Gasteiger partial charge in [0, 0.05) is 31.4 Å². The second-order valence-electron chi connectivity index (χ2n) is 4.88. The number of nitrogens with zero attached hydrogens (tertiary/aromatic N) is 2. The first-order valence-corrected chi connectivity index (χ1v) is 7.53. The zero-order chi connectivity index (χ0) is 14.8. The lowest BCUT2D eigenvalue weighted by atomic mass is 10.3. The van der Waals surface area contributed by atoms with Gasteiger partial charge in [-0.3, -0.25) is 9.59 Å². The van der Waals surface area contributed by atoms with Crippen molar-refractivity contribution in [2.45, 2.75) is 12.8 Å². The lowest BCUT2D eigenvalue weighted by molar-refractivity contribution is -0.122. The van der Waals surface area contributed by atoms with E-state index in [1.807, 2.05) is 0 Å². The molecule has 0 aliphatic heterocycles. The van der Waals surface area contributed by atoms with Gasteiger partial charge in [0.15, 0.2) is 0 Å². The van der Waals surface area contributed by atoms with E-state index in [0.29, 0.717) is 34.0 Å². The number of carbonyl (C=O) groups is 2. The Balaban J connectivity index is 1.56. The van der Waals surface area contributed by atoms with E-state index >= 15 is 0 Å². The standard InChI is InChI=1S/C13H15N5O2S/c14-8-9-13(18-6-3-15-9)21-10(8)12(20)17-5-4-16-11(19)7-1-2-7/h3,6-7H,1-2,4-5,14H2,(H,16,19)(H,17,20). The molecule has 1 aliphatic carbocycles. The number of hydrogen-bond acceptors (Lipinski definition) is 6. The molecule has 3 rings (SSSR count). The number of anilines is 1. The fourth-order valence-electron chi connectivity index (χ4n) is 1.94. The smallest absolute Gasteiger partial charge is 0.263 e. The van der Waals surface area contributed by atoms with Crippen LogP contribution in [0.2, 0.25) is 0 Å². The number of carbonyl (C=O) groups excluding carboxylic acids is 2. The van der Waals surface area contributed by atoms with Crippen LogP contribution in [0.15, 0.2) is 12.4 Å². The molecule has 7 nitrogen and oxygen atoms in total. The normalized spacial score (nSPS) is 14.1. The highest BCUT2D eigenvalue weighted by Gasteiger charge is 2.29. The number of hydrogen-bond donors (Lipinski definition) is 3. The second kappa shape index (κ2) is 5.65. The SMILES string of the molecule is Nc1c(C(=O)NCCNC(=O)C2CC2)sc2nccnc12. The molecule has 1 fully saturated rings. The molecule has 2 aromatic heterocycles. The summed E-state index contributed by atoms with van der Waals surface area (Å²) in [6.07, 6.45) is 5.04. The first-order chi connectivity index (χ1) is 10.2. The number of nitrogen functional groups attached to an aromatic ring is 1. The average Bonchev–Trinajstić information content (AvgIpc) is 3.28. The van der Waals surface area contributed by atoms with E-state index in [-0.39, 0.29) is 17.7 Å². The summed E-state index contributed by atoms with van der Waals surface area (Å²) in [6.45, 7) is 0.786. The molecular formula is C13H15N5O2S. The van der Waals surface area contributed by atoms with Gasteiger partial charge < -0.3 is 16.4 Å². The van der Waals surface area contributed by atoms with Crippen LogP contribution < -0.4 is 16.4 Å². The summed E-state index contributed by atoms with van der Waals surface area (Å²) in [5.41, 5.74) is 6.82. The van der Waals surface area contributed by atoms with Crippen LogP contribution in [0.3, 0.4) is 0 Å². The van der Waals surface area contributed by atoms with Crippen LogP contribution in [0.25, 0.3) is 10.3 Å². The molecule has 0 spiro atoms. The summed E-state index contributed by atoms with van der Waals surface area (Å²) in [7, 11) is 0. The molecule has 1 aliphatic rings. The van der Waals surface area contributed by atoms with Gasteiger partial charge in [-0.15, -0.1) is 11.3 Å². The van der Waals surface area contributed by atoms with Gasteiger partial charge in [-0.25, -0.2) is 9.97 Å². The van der Waals surface area contributed by atoms with E-state index in [4.69, 9.17) is 5.73 Å². The van der Waals surface area contributed by atoms with Crippen LogP contribution >= 0.6 is 11.3 Å². The molecule has 4 N–H and O–H groups in total. The molecule has 2 aromatic rings. The minimum Gasteiger partial charge on any atom is -0.396 e. The van der Waals surface area contributed by atoms with Crippen molar-refractivity contribution < 1.29 is 9.59 Å². The maximum atomic E-state index is 12.1. The van der Waals surface area contributed by atoms with Crippen molar-refractivity contribution >= 4 is 39.2 Å². The van der Waals surface area contributed by atoms with E-state index in [0.717, 1.165) is 12.8 Å². The molecular weight excluding hydrogens is 290 g/mol. The van der Waals surface area contributed by atoms with Crippen molar-refractivity contribution in [3.8, 4) is 0 Å². The van der Waals surface area contributed by atoms with Crippen molar-refractivity contribution in [2.24, 2.45) is 5.92 Å². The van der Waals surface area contributed by atoms with Gasteiger partial charge in [0.2, 0.25) is 5.91 Å². The highest BCUT2D eigenvalue weighted by Crippen LogP contribution is 2.30. The first-order valence-electron chi connectivity index (χ1n) is 6.71. The number of amides is 2. The lowest BCUT2D eigenvalue weighted by Crippen LogP contribution is -2.35. The van der Waals surface area contributed by atoms with E-state index in [9.17, 15) is 9.59 Å². The van der Waals surface area contributed by atoms with E-state index in [1.54, 1.807) is 12.4 Å². The van der Waals surface area contributed by atoms with Crippen LogP contribution in [0, 0.1) is 5.92 Å². The van der Waals surface area contributed by atoms with Crippen LogP contribution in [0.5, 0.6) is 0 Å². The molecule has 2 amide bonds. The Morgan fingerprint density at radius 3 is 2.67 bits per heavy atom. The van der Waals surface area contributed by atoms with E-state index in [1.165, 1.54) is 11.3 Å². The molecule has 8 heteroatoms. The maximum Gasteiger partial charge on any atom is 0.263 e. The average molecular weight is 305 g/mol. The zero-order valence-electron chi connectivity index (χ0n) is 11.3. The number of rotatable bonds is 5. The Kier molecular flexibility index (Phi) is 3.70. The molecule has 0 aromatic carbocycles.